The highest BCUT2D eigenvalue weighted by Gasteiger charge is 2.06. The Balaban J connectivity index is 3.46. The van der Waals surface area contributed by atoms with Crippen LogP contribution in [-0.4, -0.2) is 5.11 Å². The van der Waals surface area contributed by atoms with E-state index in [4.69, 9.17) is 11.5 Å². The molecule has 0 aliphatic rings. The number of nitrogen functional groups attached to an aromatic ring is 2. The van der Waals surface area contributed by atoms with Crippen molar-refractivity contribution in [1.82, 2.24) is 0 Å². The lowest BCUT2D eigenvalue weighted by Gasteiger charge is -2.08. The number of aryl methyl sites for hydroxylation is 1. The van der Waals surface area contributed by atoms with Gasteiger partial charge in [-0.1, -0.05) is 0 Å². The van der Waals surface area contributed by atoms with Crippen molar-refractivity contribution in [2.45, 2.75) is 13.8 Å². The fraction of sp³-hybridized carbons (Fsp3) is 0.250. The first-order valence-corrected chi connectivity index (χ1v) is 3.38. The largest absolute Gasteiger partial charge is 0.506 e. The number of phenolic OH excluding ortho intramolecular Hbond substituents is 1. The van der Waals surface area contributed by atoms with E-state index < -0.39 is 0 Å². The van der Waals surface area contributed by atoms with Gasteiger partial charge in [-0.2, -0.15) is 0 Å². The number of anilines is 2. The molecule has 0 saturated carbocycles. The Morgan fingerprint density at radius 1 is 1.27 bits per heavy atom. The van der Waals surface area contributed by atoms with E-state index in [2.05, 4.69) is 0 Å². The first-order valence-electron chi connectivity index (χ1n) is 3.38. The van der Waals surface area contributed by atoms with E-state index in [1.165, 1.54) is 0 Å². The standard InChI is InChI=1S/C8H12N2O/c1-4-3-6(9)5(2)7(10)8(4)11/h3,11H,9-10H2,1-2H3. The van der Waals surface area contributed by atoms with Crippen LogP contribution in [0.4, 0.5) is 11.4 Å². The minimum Gasteiger partial charge on any atom is -0.506 e. The van der Waals surface area contributed by atoms with Gasteiger partial charge in [-0.15, -0.1) is 0 Å². The summed E-state index contributed by atoms with van der Waals surface area (Å²) in [5.41, 5.74) is 13.6. The van der Waals surface area contributed by atoms with Crippen LogP contribution in [0.25, 0.3) is 0 Å². The molecule has 0 spiro atoms. The van der Waals surface area contributed by atoms with Gasteiger partial charge in [0.05, 0.1) is 5.69 Å². The number of rotatable bonds is 0. The Kier molecular flexibility index (Phi) is 1.64. The maximum Gasteiger partial charge on any atom is 0.141 e. The molecule has 3 heteroatoms. The third-order valence-corrected chi connectivity index (χ3v) is 1.84. The van der Waals surface area contributed by atoms with Crippen LogP contribution in [0, 0.1) is 13.8 Å². The summed E-state index contributed by atoms with van der Waals surface area (Å²) in [4.78, 5) is 0. The molecule has 0 atom stereocenters. The second-order valence-electron chi connectivity index (χ2n) is 2.67. The molecule has 0 unspecified atom stereocenters. The lowest BCUT2D eigenvalue weighted by atomic mass is 10.1. The van der Waals surface area contributed by atoms with Crippen LogP contribution in [0.3, 0.4) is 0 Å². The second-order valence-corrected chi connectivity index (χ2v) is 2.67. The maximum atomic E-state index is 9.33. The number of phenols is 1. The smallest absolute Gasteiger partial charge is 0.141 e. The molecular weight excluding hydrogens is 140 g/mol. The van der Waals surface area contributed by atoms with Gasteiger partial charge in [-0.05, 0) is 31.0 Å². The van der Waals surface area contributed by atoms with Crippen molar-refractivity contribution in [2.75, 3.05) is 11.5 Å². The van der Waals surface area contributed by atoms with Crippen LogP contribution in [0.5, 0.6) is 5.75 Å². The van der Waals surface area contributed by atoms with Crippen molar-refractivity contribution in [3.63, 3.8) is 0 Å². The number of aromatic hydroxyl groups is 1. The molecule has 11 heavy (non-hydrogen) atoms. The van der Waals surface area contributed by atoms with E-state index in [1.807, 2.05) is 0 Å². The third-order valence-electron chi connectivity index (χ3n) is 1.84. The molecule has 0 heterocycles. The molecule has 0 bridgehead atoms. The first-order chi connectivity index (χ1) is 5.04. The average Bonchev–Trinajstić information content (AvgIpc) is 1.97. The van der Waals surface area contributed by atoms with Crippen LogP contribution in [0.15, 0.2) is 6.07 Å². The number of hydrogen-bond donors (Lipinski definition) is 3. The Hall–Kier alpha value is -1.38. The molecule has 1 rings (SSSR count). The average molecular weight is 152 g/mol. The molecule has 0 aliphatic heterocycles. The van der Waals surface area contributed by atoms with Crippen LogP contribution < -0.4 is 11.5 Å². The van der Waals surface area contributed by atoms with E-state index >= 15 is 0 Å². The van der Waals surface area contributed by atoms with Crippen LogP contribution >= 0.6 is 0 Å². The molecule has 0 amide bonds. The summed E-state index contributed by atoms with van der Waals surface area (Å²) in [5, 5.41) is 9.33. The zero-order chi connectivity index (χ0) is 8.59. The summed E-state index contributed by atoms with van der Waals surface area (Å²) in [6, 6.07) is 1.71. The normalized spacial score (nSPS) is 10.0. The van der Waals surface area contributed by atoms with Crippen molar-refractivity contribution in [3.8, 4) is 5.75 Å². The molecule has 0 fully saturated rings. The highest BCUT2D eigenvalue weighted by atomic mass is 16.3. The lowest BCUT2D eigenvalue weighted by molar-refractivity contribution is 0.473. The van der Waals surface area contributed by atoms with E-state index in [1.54, 1.807) is 19.9 Å². The van der Waals surface area contributed by atoms with E-state index in [0.717, 1.165) is 5.56 Å². The summed E-state index contributed by atoms with van der Waals surface area (Å²) in [6.07, 6.45) is 0. The molecule has 0 aromatic heterocycles. The number of nitrogens with two attached hydrogens (primary N) is 2. The molecule has 1 aromatic carbocycles. The molecule has 0 saturated heterocycles. The first kappa shape index (κ1) is 7.72. The van der Waals surface area contributed by atoms with Gasteiger partial charge in [0.25, 0.3) is 0 Å². The Bertz CT molecular complexity index is 268. The van der Waals surface area contributed by atoms with E-state index in [9.17, 15) is 5.11 Å². The van der Waals surface area contributed by atoms with Crippen molar-refractivity contribution in [1.29, 1.82) is 0 Å². The van der Waals surface area contributed by atoms with E-state index in [0.29, 0.717) is 16.9 Å². The third kappa shape index (κ3) is 1.09. The van der Waals surface area contributed by atoms with Crippen molar-refractivity contribution in [2.24, 2.45) is 0 Å². The molecular formula is C8H12N2O. The minimum atomic E-state index is 0.136. The van der Waals surface area contributed by atoms with Crippen molar-refractivity contribution < 1.29 is 5.11 Å². The highest BCUT2D eigenvalue weighted by Crippen LogP contribution is 2.31. The summed E-state index contributed by atoms with van der Waals surface area (Å²) in [5.74, 6) is 0.136. The zero-order valence-electron chi connectivity index (χ0n) is 6.68. The fourth-order valence-corrected chi connectivity index (χ4v) is 0.955. The lowest BCUT2D eigenvalue weighted by Crippen LogP contribution is -1.97. The quantitative estimate of drug-likeness (QED) is 0.297. The van der Waals surface area contributed by atoms with Crippen LogP contribution in [0.1, 0.15) is 11.1 Å². The molecule has 0 aliphatic carbocycles. The predicted molar refractivity (Wildman–Crippen MR) is 46.4 cm³/mol. The SMILES string of the molecule is Cc1cc(N)c(C)c(N)c1O. The summed E-state index contributed by atoms with van der Waals surface area (Å²) < 4.78 is 0. The van der Waals surface area contributed by atoms with E-state index in [-0.39, 0.29) is 5.75 Å². The maximum absolute atomic E-state index is 9.33. The van der Waals surface area contributed by atoms with Gasteiger partial charge in [0.15, 0.2) is 0 Å². The van der Waals surface area contributed by atoms with Gasteiger partial charge in [0.1, 0.15) is 5.75 Å². The van der Waals surface area contributed by atoms with Gasteiger partial charge in [0.2, 0.25) is 0 Å². The second kappa shape index (κ2) is 2.34. The van der Waals surface area contributed by atoms with Crippen molar-refractivity contribution in [3.05, 3.63) is 17.2 Å². The van der Waals surface area contributed by atoms with Gasteiger partial charge >= 0.3 is 0 Å². The predicted octanol–water partition coefficient (Wildman–Crippen LogP) is 1.17. The zero-order valence-corrected chi connectivity index (χ0v) is 6.68. The van der Waals surface area contributed by atoms with Crippen molar-refractivity contribution >= 4 is 11.4 Å². The highest BCUT2D eigenvalue weighted by molar-refractivity contribution is 5.70. The summed E-state index contributed by atoms with van der Waals surface area (Å²) in [6.45, 7) is 3.55. The Morgan fingerprint density at radius 3 is 2.36 bits per heavy atom. The monoisotopic (exact) mass is 152 g/mol. The van der Waals surface area contributed by atoms with Gasteiger partial charge in [0, 0.05) is 5.69 Å². The fourth-order valence-electron chi connectivity index (χ4n) is 0.955. The van der Waals surface area contributed by atoms with Gasteiger partial charge < -0.3 is 16.6 Å². The van der Waals surface area contributed by atoms with Crippen LogP contribution in [0.2, 0.25) is 0 Å². The summed E-state index contributed by atoms with van der Waals surface area (Å²) >= 11 is 0. The minimum absolute atomic E-state index is 0.136. The van der Waals surface area contributed by atoms with Gasteiger partial charge in [-0.3, -0.25) is 0 Å². The molecule has 5 N–H and O–H groups in total. The topological polar surface area (TPSA) is 72.3 Å². The Labute approximate surface area is 65.6 Å². The number of hydrogen-bond acceptors (Lipinski definition) is 3. The number of benzene rings is 1. The molecule has 0 radical (unpaired) electrons. The van der Waals surface area contributed by atoms with Crippen LogP contribution in [-0.2, 0) is 0 Å². The van der Waals surface area contributed by atoms with Gasteiger partial charge in [-0.25, -0.2) is 0 Å². The molecule has 1 aromatic rings. The Morgan fingerprint density at radius 2 is 1.82 bits per heavy atom. The summed E-state index contributed by atoms with van der Waals surface area (Å²) in [7, 11) is 0. The molecule has 3 nitrogen and oxygen atoms in total. The molecule has 60 valence electrons.